The molecule has 5 heteroatoms. The summed E-state index contributed by atoms with van der Waals surface area (Å²) in [4.78, 5) is 4.61. The van der Waals surface area contributed by atoms with E-state index in [-0.39, 0.29) is 4.75 Å². The van der Waals surface area contributed by atoms with Crippen molar-refractivity contribution in [2.45, 2.75) is 44.3 Å². The van der Waals surface area contributed by atoms with Gasteiger partial charge in [-0.1, -0.05) is 6.07 Å². The molecule has 1 aliphatic rings. The van der Waals surface area contributed by atoms with Gasteiger partial charge in [0.15, 0.2) is 0 Å². The lowest BCUT2D eigenvalue weighted by molar-refractivity contribution is 0.651. The van der Waals surface area contributed by atoms with E-state index in [0.29, 0.717) is 5.92 Å². The van der Waals surface area contributed by atoms with Crippen LogP contribution in [0, 0.1) is 0 Å². The highest BCUT2D eigenvalue weighted by Gasteiger charge is 2.30. The molecule has 0 bridgehead atoms. The maximum atomic E-state index is 12.0. The molecule has 0 radical (unpaired) electrons. The Morgan fingerprint density at radius 1 is 1.40 bits per heavy atom. The molecule has 1 saturated carbocycles. The predicted molar refractivity (Wildman–Crippen MR) is 82.7 cm³/mol. The first-order valence-corrected chi connectivity index (χ1v) is 8.00. The number of hydrogen-bond acceptors (Lipinski definition) is 2. The van der Waals surface area contributed by atoms with Gasteiger partial charge >= 0.3 is 0 Å². The van der Waals surface area contributed by atoms with Gasteiger partial charge in [-0.05, 0) is 45.7 Å². The summed E-state index contributed by atoms with van der Waals surface area (Å²) in [6, 6.07) is 5.98. The number of imidazole rings is 1. The van der Waals surface area contributed by atoms with Crippen molar-refractivity contribution < 1.29 is 4.21 Å². The largest absolute Gasteiger partial charge is 0.303 e. The molecule has 20 heavy (non-hydrogen) atoms. The fourth-order valence-electron chi connectivity index (χ4n) is 2.15. The van der Waals surface area contributed by atoms with Crippen molar-refractivity contribution in [2.75, 3.05) is 0 Å². The average Bonchev–Trinajstić information content (AvgIpc) is 3.15. The van der Waals surface area contributed by atoms with E-state index in [0.717, 1.165) is 11.3 Å². The quantitative estimate of drug-likeness (QED) is 0.815. The molecular weight excluding hydrogens is 270 g/mol. The Balaban J connectivity index is 2.01. The van der Waals surface area contributed by atoms with Crippen LogP contribution in [-0.2, 0) is 11.0 Å². The number of rotatable bonds is 3. The molecule has 2 aromatic heterocycles. The lowest BCUT2D eigenvalue weighted by Gasteiger charge is -2.12. The molecule has 4 nitrogen and oxygen atoms in total. The number of nitrogens with zero attached hydrogens (tertiary/aromatic N) is 3. The highest BCUT2D eigenvalue weighted by Crippen LogP contribution is 2.41. The van der Waals surface area contributed by atoms with Gasteiger partial charge in [0.1, 0.15) is 22.3 Å². The van der Waals surface area contributed by atoms with Gasteiger partial charge in [-0.2, -0.15) is 4.40 Å². The van der Waals surface area contributed by atoms with Gasteiger partial charge in [-0.3, -0.25) is 0 Å². The van der Waals surface area contributed by atoms with Gasteiger partial charge < -0.3 is 4.40 Å². The Labute approximate surface area is 121 Å². The van der Waals surface area contributed by atoms with E-state index < -0.39 is 11.0 Å². The van der Waals surface area contributed by atoms with Crippen molar-refractivity contribution in [2.24, 2.45) is 4.40 Å². The van der Waals surface area contributed by atoms with Gasteiger partial charge in [0.25, 0.3) is 0 Å². The van der Waals surface area contributed by atoms with Crippen LogP contribution in [0.5, 0.6) is 0 Å². The van der Waals surface area contributed by atoms with E-state index in [1.807, 2.05) is 45.2 Å². The Bertz CT molecular complexity index is 693. The number of pyridine rings is 1. The summed E-state index contributed by atoms with van der Waals surface area (Å²) < 4.78 is 18.0. The van der Waals surface area contributed by atoms with Crippen LogP contribution in [0.4, 0.5) is 0 Å². The van der Waals surface area contributed by atoms with E-state index in [4.69, 9.17) is 0 Å². The normalized spacial score (nSPS) is 17.9. The first-order valence-electron chi connectivity index (χ1n) is 6.90. The van der Waals surface area contributed by atoms with Crippen LogP contribution < -0.4 is 0 Å². The molecule has 0 saturated heterocycles. The van der Waals surface area contributed by atoms with Crippen molar-refractivity contribution in [3.05, 3.63) is 35.8 Å². The van der Waals surface area contributed by atoms with Gasteiger partial charge in [-0.25, -0.2) is 9.19 Å². The lowest BCUT2D eigenvalue weighted by Crippen LogP contribution is -2.19. The van der Waals surface area contributed by atoms with Gasteiger partial charge in [0.2, 0.25) is 0 Å². The lowest BCUT2D eigenvalue weighted by atomic mass is 10.2. The molecular formula is C15H19N3OS. The molecule has 0 spiro atoms. The molecule has 0 N–H and O–H groups in total. The third-order valence-corrected chi connectivity index (χ3v) is 4.70. The summed E-state index contributed by atoms with van der Waals surface area (Å²) in [6.07, 6.45) is 6.12. The zero-order chi connectivity index (χ0) is 14.3. The van der Waals surface area contributed by atoms with Crippen LogP contribution in [0.2, 0.25) is 0 Å². The van der Waals surface area contributed by atoms with Crippen molar-refractivity contribution in [1.29, 1.82) is 0 Å². The minimum absolute atomic E-state index is 0.338. The van der Waals surface area contributed by atoms with Crippen LogP contribution in [0.1, 0.15) is 50.9 Å². The molecule has 106 valence electrons. The fraction of sp³-hybridized carbons (Fsp3) is 0.467. The summed E-state index contributed by atoms with van der Waals surface area (Å²) in [7, 11) is -1.24. The zero-order valence-corrected chi connectivity index (χ0v) is 12.9. The molecule has 0 aromatic carbocycles. The van der Waals surface area contributed by atoms with Crippen LogP contribution in [0.25, 0.3) is 5.65 Å². The monoisotopic (exact) mass is 289 g/mol. The minimum Gasteiger partial charge on any atom is -0.303 e. The van der Waals surface area contributed by atoms with E-state index in [1.165, 1.54) is 18.5 Å². The Hall–Kier alpha value is -1.49. The molecule has 1 aliphatic carbocycles. The van der Waals surface area contributed by atoms with Gasteiger partial charge in [0, 0.05) is 12.1 Å². The topological polar surface area (TPSA) is 46.7 Å². The average molecular weight is 289 g/mol. The summed E-state index contributed by atoms with van der Waals surface area (Å²) in [5, 5.41) is 0. The molecule has 2 aromatic rings. The first-order chi connectivity index (χ1) is 9.47. The number of aromatic nitrogens is 2. The van der Waals surface area contributed by atoms with Crippen molar-refractivity contribution >= 4 is 22.8 Å². The Morgan fingerprint density at radius 2 is 2.15 bits per heavy atom. The summed E-state index contributed by atoms with van der Waals surface area (Å²) in [5.74, 6) is 0.567. The fourth-order valence-corrected chi connectivity index (χ4v) is 2.66. The summed E-state index contributed by atoms with van der Waals surface area (Å²) >= 11 is 0. The second-order valence-electron chi connectivity index (χ2n) is 6.18. The summed E-state index contributed by atoms with van der Waals surface area (Å²) in [6.45, 7) is 5.77. The van der Waals surface area contributed by atoms with Gasteiger partial charge in [-0.15, -0.1) is 0 Å². The highest BCUT2D eigenvalue weighted by molar-refractivity contribution is 7.85. The molecule has 0 amide bonds. The standard InChI is InChI=1S/C15H19N3OS/c1-15(2,3)20(19)16-10-12-14(11-7-8-11)18-9-5-4-6-13(18)17-12/h4-6,9-11H,7-8H2,1-3H3/b16-10+/t20-/m0/s1. The smallest absolute Gasteiger partial charge is 0.144 e. The van der Waals surface area contributed by atoms with E-state index in [9.17, 15) is 4.21 Å². The zero-order valence-electron chi connectivity index (χ0n) is 12.0. The Kier molecular flexibility index (Phi) is 3.24. The van der Waals surface area contributed by atoms with Crippen molar-refractivity contribution in [3.63, 3.8) is 0 Å². The molecule has 2 heterocycles. The first kappa shape index (κ1) is 13.5. The van der Waals surface area contributed by atoms with E-state index >= 15 is 0 Å². The molecule has 3 rings (SSSR count). The maximum Gasteiger partial charge on any atom is 0.144 e. The second kappa shape index (κ2) is 4.81. The van der Waals surface area contributed by atoms with E-state index in [2.05, 4.69) is 13.8 Å². The van der Waals surface area contributed by atoms with Crippen LogP contribution >= 0.6 is 0 Å². The number of hydrogen-bond donors (Lipinski definition) is 0. The Morgan fingerprint density at radius 3 is 2.80 bits per heavy atom. The van der Waals surface area contributed by atoms with Crippen LogP contribution in [0.15, 0.2) is 28.8 Å². The summed E-state index contributed by atoms with van der Waals surface area (Å²) in [5.41, 5.74) is 2.99. The minimum atomic E-state index is -1.24. The van der Waals surface area contributed by atoms with Crippen molar-refractivity contribution in [1.82, 2.24) is 9.38 Å². The second-order valence-corrected chi connectivity index (χ2v) is 8.12. The predicted octanol–water partition coefficient (Wildman–Crippen LogP) is 3.09. The highest BCUT2D eigenvalue weighted by atomic mass is 32.2. The number of fused-ring (bicyclic) bond motifs is 1. The van der Waals surface area contributed by atoms with Crippen LogP contribution in [0.3, 0.4) is 0 Å². The van der Waals surface area contributed by atoms with Gasteiger partial charge in [0.05, 0.1) is 16.7 Å². The third-order valence-electron chi connectivity index (χ3n) is 3.35. The van der Waals surface area contributed by atoms with Crippen LogP contribution in [-0.4, -0.2) is 24.6 Å². The van der Waals surface area contributed by atoms with Crippen molar-refractivity contribution in [3.8, 4) is 0 Å². The molecule has 1 atom stereocenters. The molecule has 0 unspecified atom stereocenters. The molecule has 1 fully saturated rings. The third kappa shape index (κ3) is 2.54. The maximum absolute atomic E-state index is 12.0. The SMILES string of the molecule is CC(C)(C)[S@](=O)/N=C/c1nc2ccccn2c1C1CC1. The van der Waals surface area contributed by atoms with E-state index in [1.54, 1.807) is 6.21 Å². The molecule has 0 aliphatic heterocycles.